The quantitative estimate of drug-likeness (QED) is 0.179. The van der Waals surface area contributed by atoms with E-state index in [2.05, 4.69) is 46.3 Å². The van der Waals surface area contributed by atoms with E-state index in [4.69, 9.17) is 9.72 Å². The second-order valence-corrected chi connectivity index (χ2v) is 11.8. The smallest absolute Gasteiger partial charge is 0.270 e. The van der Waals surface area contributed by atoms with Crippen molar-refractivity contribution in [2.75, 3.05) is 18.4 Å². The summed E-state index contributed by atoms with van der Waals surface area (Å²) in [5.41, 5.74) is 4.04. The Labute approximate surface area is 244 Å². The molecule has 3 aromatic carbocycles. The van der Waals surface area contributed by atoms with Crippen LogP contribution in [0.2, 0.25) is 0 Å². The highest BCUT2D eigenvalue weighted by Gasteiger charge is 2.14. The van der Waals surface area contributed by atoms with Crippen molar-refractivity contribution in [3.8, 4) is 11.5 Å². The molecule has 11 heteroatoms. The van der Waals surface area contributed by atoms with E-state index in [1.54, 1.807) is 24.3 Å². The minimum absolute atomic E-state index is 0.0310. The second kappa shape index (κ2) is 12.4. The van der Waals surface area contributed by atoms with Crippen molar-refractivity contribution >= 4 is 38.6 Å². The summed E-state index contributed by atoms with van der Waals surface area (Å²) in [6, 6.07) is 25.1. The molecule has 10 nitrogen and oxygen atoms in total. The van der Waals surface area contributed by atoms with Gasteiger partial charge in [0.15, 0.2) is 0 Å². The first kappa shape index (κ1) is 28.8. The third kappa shape index (κ3) is 6.76. The van der Waals surface area contributed by atoms with Gasteiger partial charge in [-0.15, -0.1) is 0 Å². The molecule has 3 N–H and O–H groups in total. The lowest BCUT2D eigenvalue weighted by Gasteiger charge is -2.10. The molecule has 0 aliphatic carbocycles. The first-order chi connectivity index (χ1) is 20.2. The predicted octanol–water partition coefficient (Wildman–Crippen LogP) is 5.34. The molecule has 0 atom stereocenters. The molecule has 2 aromatic heterocycles. The molecule has 1 amide bonds. The van der Waals surface area contributed by atoms with Crippen molar-refractivity contribution < 1.29 is 17.9 Å². The number of nitrogens with zero attached hydrogens (tertiary/aromatic N) is 3. The van der Waals surface area contributed by atoms with E-state index < -0.39 is 15.9 Å². The molecular formula is C31H32N6O4S. The van der Waals surface area contributed by atoms with Gasteiger partial charge in [0.2, 0.25) is 16.0 Å². The zero-order chi connectivity index (χ0) is 29.7. The third-order valence-electron chi connectivity index (χ3n) is 6.62. The number of carbonyl (C=O) groups is 1. The highest BCUT2D eigenvalue weighted by Crippen LogP contribution is 2.29. The van der Waals surface area contributed by atoms with Crippen LogP contribution in [0.1, 0.15) is 35.8 Å². The van der Waals surface area contributed by atoms with Gasteiger partial charge in [-0.2, -0.15) is 0 Å². The molecule has 42 heavy (non-hydrogen) atoms. The first-order valence-electron chi connectivity index (χ1n) is 13.5. The van der Waals surface area contributed by atoms with E-state index in [1.165, 1.54) is 30.0 Å². The van der Waals surface area contributed by atoms with Gasteiger partial charge in [0.25, 0.3) is 5.91 Å². The molecule has 0 fully saturated rings. The number of anilines is 2. The lowest BCUT2D eigenvalue weighted by atomic mass is 10.0. The summed E-state index contributed by atoms with van der Waals surface area (Å²) >= 11 is 0. The molecule has 5 aromatic rings. The zero-order valence-corrected chi connectivity index (χ0v) is 24.4. The Bertz CT molecular complexity index is 1820. The fourth-order valence-corrected chi connectivity index (χ4v) is 5.38. The maximum Gasteiger partial charge on any atom is 0.270 e. The number of hydrogen-bond acceptors (Lipinski definition) is 7. The third-order valence-corrected chi connectivity index (χ3v) is 8.09. The maximum atomic E-state index is 12.6. The Morgan fingerprint density at radius 2 is 1.71 bits per heavy atom. The molecule has 216 valence electrons. The van der Waals surface area contributed by atoms with Gasteiger partial charge in [0.1, 0.15) is 17.2 Å². The number of imidazole rings is 1. The van der Waals surface area contributed by atoms with Crippen LogP contribution in [0.4, 0.5) is 11.6 Å². The van der Waals surface area contributed by atoms with Gasteiger partial charge in [-0.25, -0.2) is 18.1 Å². The summed E-state index contributed by atoms with van der Waals surface area (Å²) < 4.78 is 35.1. The van der Waals surface area contributed by atoms with Crippen LogP contribution in [0.3, 0.4) is 0 Å². The maximum absolute atomic E-state index is 12.6. The van der Waals surface area contributed by atoms with Crippen molar-refractivity contribution in [1.29, 1.82) is 0 Å². The number of ether oxygens (including phenoxy) is 1. The standard InChI is InChI=1S/C31H32N6O4S/c1-21(2)22-8-7-9-23(18-22)35-31-36-27-19-24(12-13-29(27)37(31)3)41-25-14-15-32-28(20-25)30(38)33-16-17-34-42(39,40)26-10-5-4-6-11-26/h4-15,18-21,34H,16-17H2,1-3H3,(H,33,38)(H,35,36). The van der Waals surface area contributed by atoms with Gasteiger partial charge < -0.3 is 19.9 Å². The Morgan fingerprint density at radius 1 is 0.929 bits per heavy atom. The molecule has 2 heterocycles. The molecular weight excluding hydrogens is 552 g/mol. The van der Waals surface area contributed by atoms with Gasteiger partial charge >= 0.3 is 0 Å². The van der Waals surface area contributed by atoms with Gasteiger partial charge in [-0.3, -0.25) is 9.78 Å². The fraction of sp³-hybridized carbons (Fsp3) is 0.194. The van der Waals surface area contributed by atoms with Crippen molar-refractivity contribution in [3.63, 3.8) is 0 Å². The number of nitrogens with one attached hydrogen (secondary N) is 3. The van der Waals surface area contributed by atoms with Crippen LogP contribution >= 0.6 is 0 Å². The summed E-state index contributed by atoms with van der Waals surface area (Å²) in [6.45, 7) is 4.44. The van der Waals surface area contributed by atoms with Crippen molar-refractivity contribution in [2.45, 2.75) is 24.7 Å². The first-order valence-corrected chi connectivity index (χ1v) is 15.0. The number of aryl methyl sites for hydroxylation is 1. The van der Waals surface area contributed by atoms with Crippen molar-refractivity contribution in [2.24, 2.45) is 7.05 Å². The second-order valence-electron chi connectivity index (χ2n) is 10.00. The van der Waals surface area contributed by atoms with Crippen LogP contribution in [0.25, 0.3) is 11.0 Å². The number of carbonyl (C=O) groups excluding carboxylic acids is 1. The minimum atomic E-state index is -3.65. The highest BCUT2D eigenvalue weighted by atomic mass is 32.2. The molecule has 5 rings (SSSR count). The molecule has 0 radical (unpaired) electrons. The SMILES string of the molecule is CC(C)c1cccc(Nc2nc3cc(Oc4ccnc(C(=O)NCCNS(=O)(=O)c5ccccc5)c4)ccc3n2C)c1. The number of sulfonamides is 1. The van der Waals surface area contributed by atoms with E-state index in [1.807, 2.05) is 41.9 Å². The predicted molar refractivity (Wildman–Crippen MR) is 163 cm³/mol. The largest absolute Gasteiger partial charge is 0.457 e. The number of fused-ring (bicyclic) bond motifs is 1. The minimum Gasteiger partial charge on any atom is -0.457 e. The molecule has 0 saturated carbocycles. The molecule has 0 unspecified atom stereocenters. The lowest BCUT2D eigenvalue weighted by Crippen LogP contribution is -2.35. The van der Waals surface area contributed by atoms with Crippen LogP contribution in [0, 0.1) is 0 Å². The monoisotopic (exact) mass is 584 g/mol. The van der Waals surface area contributed by atoms with Crippen LogP contribution in [0.5, 0.6) is 11.5 Å². The number of hydrogen-bond donors (Lipinski definition) is 3. The van der Waals surface area contributed by atoms with Crippen LogP contribution in [-0.4, -0.2) is 41.9 Å². The topological polar surface area (TPSA) is 127 Å². The normalized spacial score (nSPS) is 11.5. The van der Waals surface area contributed by atoms with Gasteiger partial charge in [0, 0.05) is 44.2 Å². The van der Waals surface area contributed by atoms with Crippen LogP contribution < -0.4 is 20.1 Å². The van der Waals surface area contributed by atoms with E-state index in [0.29, 0.717) is 23.4 Å². The molecule has 0 spiro atoms. The molecule has 0 bridgehead atoms. The summed E-state index contributed by atoms with van der Waals surface area (Å²) in [5.74, 6) is 1.67. The van der Waals surface area contributed by atoms with Gasteiger partial charge in [0.05, 0.1) is 15.9 Å². The number of aromatic nitrogens is 3. The summed E-state index contributed by atoms with van der Waals surface area (Å²) in [6.07, 6.45) is 1.48. The van der Waals surface area contributed by atoms with Gasteiger partial charge in [-0.1, -0.05) is 44.2 Å². The average molecular weight is 585 g/mol. The van der Waals surface area contributed by atoms with Gasteiger partial charge in [-0.05, 0) is 53.9 Å². The van der Waals surface area contributed by atoms with Crippen LogP contribution in [0.15, 0.2) is 96.0 Å². The summed E-state index contributed by atoms with van der Waals surface area (Å²) in [7, 11) is -1.70. The molecule has 0 aliphatic heterocycles. The number of pyridine rings is 1. The molecule has 0 aliphatic rings. The van der Waals surface area contributed by atoms with E-state index in [9.17, 15) is 13.2 Å². The average Bonchev–Trinajstić information content (AvgIpc) is 3.29. The Hall–Kier alpha value is -4.74. The van der Waals surface area contributed by atoms with Crippen LogP contribution in [-0.2, 0) is 17.1 Å². The number of rotatable bonds is 11. The van der Waals surface area contributed by atoms with E-state index in [-0.39, 0.29) is 23.7 Å². The number of amides is 1. The molecule has 0 saturated heterocycles. The van der Waals surface area contributed by atoms with E-state index in [0.717, 1.165) is 16.7 Å². The Morgan fingerprint density at radius 3 is 2.50 bits per heavy atom. The fourth-order valence-electron chi connectivity index (χ4n) is 4.33. The highest BCUT2D eigenvalue weighted by molar-refractivity contribution is 7.89. The Balaban J connectivity index is 1.21. The van der Waals surface area contributed by atoms with Crippen molar-refractivity contribution in [1.82, 2.24) is 24.6 Å². The summed E-state index contributed by atoms with van der Waals surface area (Å²) in [4.78, 5) is 21.7. The Kier molecular flexibility index (Phi) is 8.51. The number of benzene rings is 3. The van der Waals surface area contributed by atoms with Crippen molar-refractivity contribution in [3.05, 3.63) is 102 Å². The summed E-state index contributed by atoms with van der Waals surface area (Å²) in [5, 5.41) is 6.08. The zero-order valence-electron chi connectivity index (χ0n) is 23.5. The lowest BCUT2D eigenvalue weighted by molar-refractivity contribution is 0.0949. The van der Waals surface area contributed by atoms with E-state index >= 15 is 0 Å².